The molecule has 6 aromatic carbocycles. The van der Waals surface area contributed by atoms with E-state index in [0.717, 1.165) is 4.70 Å². The van der Waals surface area contributed by atoms with Crippen LogP contribution in [0.1, 0.15) is 21.9 Å². The molecule has 10 aromatic rings. The van der Waals surface area contributed by atoms with Gasteiger partial charge in [0.25, 0.3) is 0 Å². The molecule has 0 aliphatic carbocycles. The van der Waals surface area contributed by atoms with Crippen LogP contribution in [0.15, 0.2) is 145 Å². The predicted molar refractivity (Wildman–Crippen MR) is 189 cm³/mol. The highest BCUT2D eigenvalue weighted by atomic mass is 32.1. The summed E-state index contributed by atoms with van der Waals surface area (Å²) >= 11 is 1.32. The van der Waals surface area contributed by atoms with E-state index in [0.29, 0.717) is 21.2 Å². The molecule has 0 aliphatic rings. The zero-order chi connectivity index (χ0) is 43.4. The van der Waals surface area contributed by atoms with E-state index in [9.17, 15) is 0 Å². The van der Waals surface area contributed by atoms with Gasteiger partial charge in [0.1, 0.15) is 0 Å². The molecule has 0 aliphatic heterocycles. The number of nitrogens with zero attached hydrogens (tertiary/aromatic N) is 4. The Bertz CT molecular complexity index is 3530. The van der Waals surface area contributed by atoms with Crippen LogP contribution in [0, 0.1) is 0 Å². The Morgan fingerprint density at radius 2 is 1.02 bits per heavy atom. The summed E-state index contributed by atoms with van der Waals surface area (Å²) in [6.07, 6.45) is 0. The van der Waals surface area contributed by atoms with E-state index in [2.05, 4.69) is 0 Å². The number of hydrogen-bond acceptors (Lipinski definition) is 3. The summed E-state index contributed by atoms with van der Waals surface area (Å²) in [6, 6.07) is 4.98. The lowest BCUT2D eigenvalue weighted by molar-refractivity contribution is 1.02. The summed E-state index contributed by atoms with van der Waals surface area (Å²) in [7, 11) is 0. The number of fused-ring (bicyclic) bond motifs is 9. The first-order chi connectivity index (χ1) is 29.0. The Labute approximate surface area is 284 Å². The minimum absolute atomic E-state index is 0.114. The van der Waals surface area contributed by atoms with Crippen molar-refractivity contribution in [3.8, 4) is 22.9 Å². The van der Waals surface area contributed by atoms with Crippen molar-refractivity contribution in [3.63, 3.8) is 0 Å². The van der Waals surface area contributed by atoms with Crippen molar-refractivity contribution in [1.29, 1.82) is 0 Å². The van der Waals surface area contributed by atoms with Gasteiger partial charge in [0.15, 0.2) is 0 Å². The second-order valence-corrected chi connectivity index (χ2v) is 11.3. The summed E-state index contributed by atoms with van der Waals surface area (Å²) in [6.45, 7) is 0. The van der Waals surface area contributed by atoms with Gasteiger partial charge in [0, 0.05) is 37.2 Å². The monoisotopic (exact) mass is 608 g/mol. The van der Waals surface area contributed by atoms with Crippen LogP contribution in [0.2, 0.25) is 0 Å². The molecule has 0 amide bonds. The van der Waals surface area contributed by atoms with Gasteiger partial charge in [0.2, 0.25) is 5.95 Å². The lowest BCUT2D eigenvalue weighted by Crippen LogP contribution is -2.04. The molecule has 0 saturated heterocycles. The maximum atomic E-state index is 9.12. The second-order valence-electron chi connectivity index (χ2n) is 10.2. The molecular weight excluding hydrogens is 569 g/mol. The van der Waals surface area contributed by atoms with Crippen molar-refractivity contribution in [2.45, 2.75) is 0 Å². The van der Waals surface area contributed by atoms with Crippen molar-refractivity contribution in [3.05, 3.63) is 145 Å². The van der Waals surface area contributed by atoms with Gasteiger partial charge in [-0.25, -0.2) is 9.97 Å². The fourth-order valence-corrected chi connectivity index (χ4v) is 7.16. The van der Waals surface area contributed by atoms with Gasteiger partial charge in [-0.3, -0.25) is 4.57 Å². The summed E-state index contributed by atoms with van der Waals surface area (Å²) in [5.41, 5.74) is 0.454. The molecule has 5 heteroatoms. The first-order valence-electron chi connectivity index (χ1n) is 21.8. The Hall–Kier alpha value is -5.78. The van der Waals surface area contributed by atoms with Gasteiger partial charge in [-0.15, -0.1) is 11.3 Å². The van der Waals surface area contributed by atoms with Crippen LogP contribution in [0.3, 0.4) is 0 Å². The molecule has 0 bridgehead atoms. The van der Waals surface area contributed by atoms with Crippen molar-refractivity contribution < 1.29 is 21.9 Å². The van der Waals surface area contributed by atoms with Crippen LogP contribution in [0.4, 0.5) is 0 Å². The first-order valence-corrected chi connectivity index (χ1v) is 14.6. The average Bonchev–Trinajstić information content (AvgIpc) is 3.94. The third-order valence-corrected chi connectivity index (χ3v) is 9.04. The Morgan fingerprint density at radius 1 is 0.511 bits per heavy atom. The third kappa shape index (κ3) is 3.47. The van der Waals surface area contributed by atoms with Crippen molar-refractivity contribution >= 4 is 75.3 Å². The van der Waals surface area contributed by atoms with E-state index in [1.54, 1.807) is 30.3 Å². The largest absolute Gasteiger partial charge is 0.309 e. The molecular formula is C40H24N4S. The zero-order valence-corrected chi connectivity index (χ0v) is 23.6. The van der Waals surface area contributed by atoms with Gasteiger partial charge < -0.3 is 4.57 Å². The highest BCUT2D eigenvalue weighted by Gasteiger charge is 2.22. The van der Waals surface area contributed by atoms with Crippen LogP contribution >= 0.6 is 11.3 Å². The highest BCUT2D eigenvalue weighted by molar-refractivity contribution is 7.26. The number of thiophene rings is 1. The summed E-state index contributed by atoms with van der Waals surface area (Å²) in [5, 5.41) is 0.0952. The van der Waals surface area contributed by atoms with Crippen LogP contribution in [0.25, 0.3) is 86.8 Å². The lowest BCUT2D eigenvalue weighted by Gasteiger charge is -2.15. The summed E-state index contributed by atoms with van der Waals surface area (Å²) in [4.78, 5) is 10.0. The van der Waals surface area contributed by atoms with E-state index >= 15 is 0 Å². The molecule has 0 atom stereocenters. The van der Waals surface area contributed by atoms with Gasteiger partial charge in [-0.05, 0) is 36.3 Å². The molecule has 10 rings (SSSR count). The number of rotatable bonds is 3. The molecule has 0 unspecified atom stereocenters. The smallest absolute Gasteiger partial charge is 0.235 e. The molecule has 0 fully saturated rings. The number of hydrogen-bond donors (Lipinski definition) is 0. The number of para-hydroxylation sites is 5. The average molecular weight is 609 g/mol. The molecule has 4 nitrogen and oxygen atoms in total. The van der Waals surface area contributed by atoms with Gasteiger partial charge >= 0.3 is 0 Å². The quantitative estimate of drug-likeness (QED) is 0.200. The topological polar surface area (TPSA) is 35.6 Å². The fraction of sp³-hybridized carbons (Fsp3) is 0. The normalized spacial score (nSPS) is 17.0. The minimum atomic E-state index is -0.620. The summed E-state index contributed by atoms with van der Waals surface area (Å²) < 4.78 is 144. The SMILES string of the molecule is [2H]c1c([2H])c([2H])c2c(c1[2H])c1c([2H])c([2H])c([2H])c([2H])c1n2-c1nc(-c2ccccc2-n2c3c([2H])c([2H])c([2H])c([2H])c3c3c([2H])c([2H])c([2H])c([2H])c32)c2sc3ccccc3c2n1. The van der Waals surface area contributed by atoms with Gasteiger partial charge in [0.05, 0.1) is 65.6 Å². The first kappa shape index (κ1) is 13.9. The number of benzene rings is 6. The molecule has 0 N–H and O–H groups in total. The molecule has 210 valence electrons. The van der Waals surface area contributed by atoms with E-state index in [4.69, 9.17) is 31.9 Å². The fourth-order valence-electron chi connectivity index (χ4n) is 6.01. The number of aromatic nitrogens is 4. The Balaban J connectivity index is 1.43. The van der Waals surface area contributed by atoms with E-state index < -0.39 is 96.7 Å². The van der Waals surface area contributed by atoms with E-state index in [1.165, 1.54) is 20.5 Å². The van der Waals surface area contributed by atoms with Crippen LogP contribution in [-0.2, 0) is 0 Å². The molecule has 4 aromatic heterocycles. The van der Waals surface area contributed by atoms with Crippen molar-refractivity contribution in [1.82, 2.24) is 19.1 Å². The van der Waals surface area contributed by atoms with Crippen LogP contribution in [0.5, 0.6) is 0 Å². The Morgan fingerprint density at radius 3 is 1.64 bits per heavy atom. The molecule has 0 saturated carbocycles. The van der Waals surface area contributed by atoms with Crippen LogP contribution in [-0.4, -0.2) is 19.1 Å². The lowest BCUT2D eigenvalue weighted by atomic mass is 10.1. The zero-order valence-electron chi connectivity index (χ0n) is 38.8. The Kier molecular flexibility index (Phi) is 2.89. The standard InChI is InChI=1S/C40H24N4S/c1-7-19-31-25(13-1)26-14-2-8-20-32(26)43(31)35-23-11-5-17-29(35)37-39-38(30-18-6-12-24-36(30)45-39)42-40(41-37)44-33-21-9-3-15-27(33)28-16-4-10-22-34(28)44/h1-24H/i1D,2D,3D,4D,7D,8D,9D,10D,13D,14D,15D,16D,19D,20D,21D,22D. The third-order valence-electron chi connectivity index (χ3n) is 7.87. The predicted octanol–water partition coefficient (Wildman–Crippen LogP) is 10.7. The van der Waals surface area contributed by atoms with E-state index in [1.807, 2.05) is 18.2 Å². The second kappa shape index (κ2) is 9.36. The summed E-state index contributed by atoms with van der Waals surface area (Å²) in [5.74, 6) is -0.220. The molecule has 0 radical (unpaired) electrons. The highest BCUT2D eigenvalue weighted by Crippen LogP contribution is 2.42. The maximum absolute atomic E-state index is 9.12. The van der Waals surface area contributed by atoms with Crippen LogP contribution < -0.4 is 0 Å². The van der Waals surface area contributed by atoms with Crippen molar-refractivity contribution in [2.75, 3.05) is 0 Å². The van der Waals surface area contributed by atoms with Gasteiger partial charge in [-0.2, -0.15) is 0 Å². The molecule has 45 heavy (non-hydrogen) atoms. The van der Waals surface area contributed by atoms with Gasteiger partial charge in [-0.1, -0.05) is 109 Å². The van der Waals surface area contributed by atoms with E-state index in [-0.39, 0.29) is 60.9 Å². The molecule has 4 heterocycles. The minimum Gasteiger partial charge on any atom is -0.309 e. The van der Waals surface area contributed by atoms with Crippen molar-refractivity contribution in [2.24, 2.45) is 0 Å². The molecule has 0 spiro atoms. The maximum Gasteiger partial charge on any atom is 0.235 e.